The molecule has 6 atom stereocenters. The fraction of sp³-hybridized carbons (Fsp3) is 0.656. The van der Waals surface area contributed by atoms with Crippen LogP contribution in [0.3, 0.4) is 0 Å². The summed E-state index contributed by atoms with van der Waals surface area (Å²) in [4.78, 5) is 6.72. The number of nitrogen functional groups attached to an aromatic ring is 1. The Bertz CT molecular complexity index is 1310. The highest BCUT2D eigenvalue weighted by Crippen LogP contribution is 2.34. The summed E-state index contributed by atoms with van der Waals surface area (Å²) in [6.45, 7) is 13.2. The van der Waals surface area contributed by atoms with Crippen LogP contribution in [0.4, 0.5) is 5.82 Å². The van der Waals surface area contributed by atoms with Crippen LogP contribution in [0.15, 0.2) is 36.5 Å². The van der Waals surface area contributed by atoms with E-state index in [9.17, 15) is 8.42 Å². The maximum Gasteiger partial charge on any atom is 0.216 e. The van der Waals surface area contributed by atoms with Gasteiger partial charge in [0.1, 0.15) is 18.3 Å². The van der Waals surface area contributed by atoms with Crippen molar-refractivity contribution in [2.45, 2.75) is 110 Å². The zero-order valence-electron chi connectivity index (χ0n) is 25.9. The second-order valence-corrected chi connectivity index (χ2v) is 15.9. The number of fused-ring (bicyclic) bond motifs is 4. The van der Waals surface area contributed by atoms with Crippen LogP contribution in [-0.4, -0.2) is 55.3 Å². The molecule has 232 valence electrons. The minimum Gasteiger partial charge on any atom is -0.384 e. The van der Waals surface area contributed by atoms with Crippen LogP contribution in [0, 0.1) is 25.2 Å². The molecule has 5 unspecified atom stereocenters. The van der Waals surface area contributed by atoms with Gasteiger partial charge in [0.05, 0.1) is 11.9 Å². The van der Waals surface area contributed by atoms with Gasteiger partial charge < -0.3 is 10.5 Å². The lowest BCUT2D eigenvalue weighted by molar-refractivity contribution is -0.0515. The average Bonchev–Trinajstić information content (AvgIpc) is 2.90. The predicted molar refractivity (Wildman–Crippen MR) is 168 cm³/mol. The fourth-order valence-electron chi connectivity index (χ4n) is 7.23. The number of anilines is 1. The molecule has 5 N–H and O–H groups in total. The third kappa shape index (κ3) is 7.89. The standard InChI is InChI=1S/C32H50N6O3S/c1-21-8-6-9-22(2)30(21)27-16-29-36-31(35-27)37-42(39,40)26-11-7-10-23(14-26)18-38(19-24-12-13-34-28(33)15-24)25(20-41-29)17-32(3,4)5/h6,8-9,12-13,15,23,25-27,29,31,35-37H,7,10-11,14,16-20H2,1-5H3,(H2,33,34)/t23?,25-,26?,27?,29?,31?/m1/s1. The highest BCUT2D eigenvalue weighted by atomic mass is 32.2. The van der Waals surface area contributed by atoms with Gasteiger partial charge in [0, 0.05) is 37.8 Å². The lowest BCUT2D eigenvalue weighted by atomic mass is 9.85. The van der Waals surface area contributed by atoms with Crippen molar-refractivity contribution >= 4 is 15.8 Å². The van der Waals surface area contributed by atoms with E-state index in [1.54, 1.807) is 6.20 Å². The Hall–Kier alpha value is -2.08. The first-order valence-electron chi connectivity index (χ1n) is 15.5. The number of pyridine rings is 1. The number of rotatable bonds is 4. The lowest BCUT2D eigenvalue weighted by Gasteiger charge is -2.41. The summed E-state index contributed by atoms with van der Waals surface area (Å²) in [7, 11) is -3.57. The summed E-state index contributed by atoms with van der Waals surface area (Å²) in [5, 5.41) is 6.60. The Balaban J connectivity index is 1.50. The van der Waals surface area contributed by atoms with Crippen molar-refractivity contribution < 1.29 is 13.2 Å². The van der Waals surface area contributed by atoms with Gasteiger partial charge in [-0.3, -0.25) is 15.5 Å². The highest BCUT2D eigenvalue weighted by Gasteiger charge is 2.39. The number of hydrogen-bond donors (Lipinski definition) is 4. The van der Waals surface area contributed by atoms with Gasteiger partial charge in [-0.05, 0) is 85.3 Å². The van der Waals surface area contributed by atoms with Crippen LogP contribution in [0.5, 0.6) is 0 Å². The van der Waals surface area contributed by atoms with E-state index in [0.29, 0.717) is 31.7 Å². The largest absolute Gasteiger partial charge is 0.384 e. The summed E-state index contributed by atoms with van der Waals surface area (Å²) in [5.74, 6) is 0.796. The Morgan fingerprint density at radius 3 is 2.57 bits per heavy atom. The maximum atomic E-state index is 13.8. The summed E-state index contributed by atoms with van der Waals surface area (Å²) < 4.78 is 37.3. The summed E-state index contributed by atoms with van der Waals surface area (Å²) in [5.41, 5.74) is 10.9. The second-order valence-electron chi connectivity index (χ2n) is 13.9. The zero-order chi connectivity index (χ0) is 30.1. The number of ether oxygens (including phenoxy) is 1. The van der Waals surface area contributed by atoms with E-state index >= 15 is 0 Å². The van der Waals surface area contributed by atoms with Gasteiger partial charge in [0.25, 0.3) is 0 Å². The fourth-order valence-corrected chi connectivity index (χ4v) is 8.89. The van der Waals surface area contributed by atoms with Crippen molar-refractivity contribution in [2.75, 3.05) is 18.9 Å². The molecule has 9 nitrogen and oxygen atoms in total. The van der Waals surface area contributed by atoms with Crippen molar-refractivity contribution in [1.82, 2.24) is 25.2 Å². The number of hydrogen-bond acceptors (Lipinski definition) is 8. The van der Waals surface area contributed by atoms with Gasteiger partial charge >= 0.3 is 0 Å². The molecule has 10 heteroatoms. The molecule has 0 radical (unpaired) electrons. The van der Waals surface area contributed by atoms with Crippen molar-refractivity contribution in [3.05, 3.63) is 58.8 Å². The summed E-state index contributed by atoms with van der Waals surface area (Å²) >= 11 is 0. The van der Waals surface area contributed by atoms with Crippen LogP contribution in [0.2, 0.25) is 0 Å². The molecular formula is C32H50N6O3S. The van der Waals surface area contributed by atoms with E-state index in [0.717, 1.165) is 37.9 Å². The minimum absolute atomic E-state index is 0.0497. The molecule has 1 aromatic heterocycles. The number of benzene rings is 1. The van der Waals surface area contributed by atoms with E-state index in [4.69, 9.17) is 10.5 Å². The van der Waals surface area contributed by atoms with Crippen LogP contribution in [-0.2, 0) is 21.3 Å². The SMILES string of the molecule is Cc1cccc(C)c1C1CC2NC(N1)NS(=O)(=O)C1CCCC(C1)CN(Cc1ccnc(N)c1)[C@H](CC(C)(C)C)CO2. The molecule has 1 saturated carbocycles. The molecule has 2 saturated heterocycles. The monoisotopic (exact) mass is 598 g/mol. The Kier molecular flexibility index (Phi) is 9.61. The van der Waals surface area contributed by atoms with Crippen LogP contribution < -0.4 is 21.1 Å². The number of nitrogens with zero attached hydrogens (tertiary/aromatic N) is 2. The number of nitrogens with two attached hydrogens (primary N) is 1. The number of nitrogens with one attached hydrogen (secondary N) is 3. The Labute approximate surface area is 252 Å². The third-order valence-electron chi connectivity index (χ3n) is 9.09. The zero-order valence-corrected chi connectivity index (χ0v) is 26.7. The number of sulfonamides is 1. The second kappa shape index (κ2) is 12.9. The van der Waals surface area contributed by atoms with Gasteiger partial charge in [-0.2, -0.15) is 4.72 Å². The van der Waals surface area contributed by atoms with Gasteiger partial charge in [0.15, 0.2) is 0 Å². The molecule has 2 aliphatic heterocycles. The summed E-state index contributed by atoms with van der Waals surface area (Å²) in [6.07, 6.45) is 5.76. The molecule has 2 aromatic rings. The molecular weight excluding hydrogens is 548 g/mol. The topological polar surface area (TPSA) is 122 Å². The van der Waals surface area contributed by atoms with Crippen LogP contribution in [0.1, 0.15) is 87.6 Å². The molecule has 5 rings (SSSR count). The predicted octanol–water partition coefficient (Wildman–Crippen LogP) is 4.33. The molecule has 1 aromatic carbocycles. The molecule has 0 spiro atoms. The molecule has 3 heterocycles. The minimum atomic E-state index is -3.57. The van der Waals surface area contributed by atoms with E-state index < -0.39 is 21.6 Å². The number of aryl methyl sites for hydroxylation is 2. The molecule has 3 fully saturated rings. The quantitative estimate of drug-likeness (QED) is 0.411. The maximum absolute atomic E-state index is 13.8. The molecule has 0 amide bonds. The van der Waals surface area contributed by atoms with Crippen molar-refractivity contribution in [3.63, 3.8) is 0 Å². The molecule has 1 aliphatic carbocycles. The Morgan fingerprint density at radius 1 is 1.10 bits per heavy atom. The van der Waals surface area contributed by atoms with E-state index in [1.807, 2.05) is 12.1 Å². The molecule has 42 heavy (non-hydrogen) atoms. The van der Waals surface area contributed by atoms with Crippen molar-refractivity contribution in [2.24, 2.45) is 11.3 Å². The average molecular weight is 599 g/mol. The lowest BCUT2D eigenvalue weighted by Crippen LogP contribution is -2.64. The van der Waals surface area contributed by atoms with E-state index in [-0.39, 0.29) is 29.6 Å². The van der Waals surface area contributed by atoms with Gasteiger partial charge in [-0.15, -0.1) is 0 Å². The van der Waals surface area contributed by atoms with Crippen LogP contribution >= 0.6 is 0 Å². The van der Waals surface area contributed by atoms with Gasteiger partial charge in [-0.25, -0.2) is 13.4 Å². The third-order valence-corrected chi connectivity index (χ3v) is 11.0. The first-order chi connectivity index (χ1) is 19.9. The van der Waals surface area contributed by atoms with E-state index in [2.05, 4.69) is 78.1 Å². The summed E-state index contributed by atoms with van der Waals surface area (Å²) in [6, 6.07) is 10.4. The smallest absolute Gasteiger partial charge is 0.216 e. The van der Waals surface area contributed by atoms with E-state index in [1.165, 1.54) is 16.7 Å². The van der Waals surface area contributed by atoms with Crippen LogP contribution in [0.25, 0.3) is 0 Å². The Morgan fingerprint density at radius 2 is 1.86 bits per heavy atom. The van der Waals surface area contributed by atoms with Gasteiger partial charge in [0.2, 0.25) is 10.0 Å². The van der Waals surface area contributed by atoms with Crippen molar-refractivity contribution in [3.8, 4) is 0 Å². The normalized spacial score (nSPS) is 31.0. The molecule has 3 aliphatic rings. The van der Waals surface area contributed by atoms with Gasteiger partial charge in [-0.1, -0.05) is 45.4 Å². The first kappa shape index (κ1) is 31.3. The number of aromatic nitrogens is 1. The highest BCUT2D eigenvalue weighted by molar-refractivity contribution is 7.90. The molecule has 4 bridgehead atoms. The van der Waals surface area contributed by atoms with Crippen molar-refractivity contribution in [1.29, 1.82) is 0 Å². The first-order valence-corrected chi connectivity index (χ1v) is 17.1.